The van der Waals surface area contributed by atoms with Gasteiger partial charge in [0.05, 0.1) is 18.5 Å². The van der Waals surface area contributed by atoms with E-state index < -0.39 is 5.91 Å². The number of nitrogens with one attached hydrogen (secondary N) is 4. The number of hydrogen-bond donors (Lipinski definition) is 4. The lowest BCUT2D eigenvalue weighted by atomic mass is 10.2. The van der Waals surface area contributed by atoms with Crippen LogP contribution in [0.3, 0.4) is 0 Å². The predicted molar refractivity (Wildman–Crippen MR) is 130 cm³/mol. The van der Waals surface area contributed by atoms with Crippen LogP contribution in [0.5, 0.6) is 5.75 Å². The van der Waals surface area contributed by atoms with Gasteiger partial charge in [-0.15, -0.1) is 0 Å². The van der Waals surface area contributed by atoms with Gasteiger partial charge in [0.2, 0.25) is 0 Å². The molecule has 0 saturated carbocycles. The quantitative estimate of drug-likeness (QED) is 0.313. The topological polar surface area (TPSA) is 109 Å². The van der Waals surface area contributed by atoms with E-state index >= 15 is 0 Å². The van der Waals surface area contributed by atoms with Gasteiger partial charge in [0.25, 0.3) is 11.8 Å². The number of benzene rings is 2. The maximum Gasteiger partial charge on any atom is 0.290 e. The second kappa shape index (κ2) is 11.1. The number of nitrogens with zero attached hydrogens (tertiary/aromatic N) is 2. The number of anilines is 1. The lowest BCUT2D eigenvalue weighted by Crippen LogP contribution is -2.47. The van der Waals surface area contributed by atoms with Crippen LogP contribution in [0.2, 0.25) is 0 Å². The van der Waals surface area contributed by atoms with E-state index in [0.29, 0.717) is 30.0 Å². The molecule has 0 radical (unpaired) electrons. The number of thiocarbonyl (C=S) groups is 1. The average molecular weight is 467 g/mol. The van der Waals surface area contributed by atoms with Crippen LogP contribution < -0.4 is 26.2 Å². The summed E-state index contributed by atoms with van der Waals surface area (Å²) in [5.41, 5.74) is 7.85. The number of ether oxygens (including phenoxy) is 1. The van der Waals surface area contributed by atoms with E-state index in [9.17, 15) is 9.59 Å². The SMILES string of the molecule is CCn1nc(C)c(NC(=O)c2ccccc2)c1C(=O)NNC(=S)NCc1ccc(OC)cc1. The molecule has 1 aromatic heterocycles. The van der Waals surface area contributed by atoms with Crippen molar-refractivity contribution in [1.29, 1.82) is 0 Å². The van der Waals surface area contributed by atoms with Gasteiger partial charge in [0.15, 0.2) is 10.8 Å². The summed E-state index contributed by atoms with van der Waals surface area (Å²) < 4.78 is 6.67. The molecule has 33 heavy (non-hydrogen) atoms. The highest BCUT2D eigenvalue weighted by Crippen LogP contribution is 2.21. The summed E-state index contributed by atoms with van der Waals surface area (Å²) in [5.74, 6) is -0.0350. The summed E-state index contributed by atoms with van der Waals surface area (Å²) in [5, 5.41) is 10.4. The van der Waals surface area contributed by atoms with E-state index in [2.05, 4.69) is 26.6 Å². The molecule has 172 valence electrons. The van der Waals surface area contributed by atoms with Crippen molar-refractivity contribution in [3.63, 3.8) is 0 Å². The third-order valence-electron chi connectivity index (χ3n) is 4.82. The first kappa shape index (κ1) is 23.7. The van der Waals surface area contributed by atoms with E-state index in [0.717, 1.165) is 11.3 Å². The highest BCUT2D eigenvalue weighted by molar-refractivity contribution is 7.80. The number of methoxy groups -OCH3 is 1. The molecule has 0 atom stereocenters. The standard InChI is InChI=1S/C23H26N6O3S/c1-4-29-20(19(15(2)28-29)25-21(30)17-8-6-5-7-9-17)22(31)26-27-23(33)24-14-16-10-12-18(32-3)13-11-16/h5-13H,4,14H2,1-3H3,(H,25,30)(H,26,31)(H2,24,27,33). The molecule has 3 rings (SSSR count). The lowest BCUT2D eigenvalue weighted by molar-refractivity contribution is 0.0934. The number of carbonyl (C=O) groups is 2. The molecular formula is C23H26N6O3S. The molecule has 0 aliphatic rings. The van der Waals surface area contributed by atoms with Crippen molar-refractivity contribution in [1.82, 2.24) is 25.9 Å². The highest BCUT2D eigenvalue weighted by atomic mass is 32.1. The molecule has 2 amide bonds. The first-order valence-electron chi connectivity index (χ1n) is 10.3. The van der Waals surface area contributed by atoms with Gasteiger partial charge in [-0.05, 0) is 55.9 Å². The Balaban J connectivity index is 1.63. The minimum atomic E-state index is -0.477. The minimum Gasteiger partial charge on any atom is -0.497 e. The number of aryl methyl sites for hydroxylation is 2. The molecule has 4 N–H and O–H groups in total. The number of hydrazine groups is 1. The molecule has 0 aliphatic heterocycles. The van der Waals surface area contributed by atoms with E-state index in [1.165, 1.54) is 4.68 Å². The average Bonchev–Trinajstić information content (AvgIpc) is 3.17. The summed E-state index contributed by atoms with van der Waals surface area (Å²) >= 11 is 5.25. The van der Waals surface area contributed by atoms with Crippen molar-refractivity contribution < 1.29 is 14.3 Å². The molecule has 0 fully saturated rings. The molecule has 0 saturated heterocycles. The van der Waals surface area contributed by atoms with Gasteiger partial charge < -0.3 is 15.4 Å². The van der Waals surface area contributed by atoms with Gasteiger partial charge >= 0.3 is 0 Å². The van der Waals surface area contributed by atoms with Crippen LogP contribution in [0, 0.1) is 6.92 Å². The zero-order chi connectivity index (χ0) is 23.8. The van der Waals surface area contributed by atoms with Crippen molar-refractivity contribution in [2.24, 2.45) is 0 Å². The Bertz CT molecular complexity index is 1130. The van der Waals surface area contributed by atoms with E-state index in [-0.39, 0.29) is 16.7 Å². The van der Waals surface area contributed by atoms with Crippen LogP contribution in [0.1, 0.15) is 39.0 Å². The molecule has 0 spiro atoms. The number of hydrogen-bond acceptors (Lipinski definition) is 5. The van der Waals surface area contributed by atoms with E-state index in [4.69, 9.17) is 17.0 Å². The maximum atomic E-state index is 12.9. The van der Waals surface area contributed by atoms with Crippen LogP contribution in [-0.2, 0) is 13.1 Å². The number of carbonyl (C=O) groups excluding carboxylic acids is 2. The Hall–Kier alpha value is -3.92. The maximum absolute atomic E-state index is 12.9. The van der Waals surface area contributed by atoms with Crippen molar-refractivity contribution in [2.45, 2.75) is 26.9 Å². The summed E-state index contributed by atoms with van der Waals surface area (Å²) in [6.07, 6.45) is 0. The van der Waals surface area contributed by atoms with Crippen molar-refractivity contribution in [3.05, 3.63) is 77.1 Å². The Morgan fingerprint density at radius 1 is 1.03 bits per heavy atom. The number of aromatic nitrogens is 2. The van der Waals surface area contributed by atoms with Crippen LogP contribution in [0.25, 0.3) is 0 Å². The third kappa shape index (κ3) is 6.07. The molecule has 1 heterocycles. The molecule has 0 bridgehead atoms. The largest absolute Gasteiger partial charge is 0.497 e. The van der Waals surface area contributed by atoms with Crippen LogP contribution in [0.15, 0.2) is 54.6 Å². The smallest absolute Gasteiger partial charge is 0.290 e. The molecule has 3 aromatic rings. The van der Waals surface area contributed by atoms with Crippen molar-refractivity contribution in [2.75, 3.05) is 12.4 Å². The van der Waals surface area contributed by atoms with E-state index in [1.54, 1.807) is 38.3 Å². The van der Waals surface area contributed by atoms with Gasteiger partial charge in [-0.3, -0.25) is 25.1 Å². The van der Waals surface area contributed by atoms with Crippen molar-refractivity contribution >= 4 is 34.8 Å². The fourth-order valence-electron chi connectivity index (χ4n) is 3.11. The second-order valence-electron chi connectivity index (χ2n) is 7.05. The minimum absolute atomic E-state index is 0.227. The Morgan fingerprint density at radius 2 is 1.73 bits per heavy atom. The molecule has 10 heteroatoms. The van der Waals surface area contributed by atoms with Crippen molar-refractivity contribution in [3.8, 4) is 5.75 Å². The normalized spacial score (nSPS) is 10.3. The molecule has 0 unspecified atom stereocenters. The zero-order valence-corrected chi connectivity index (χ0v) is 19.5. The van der Waals surface area contributed by atoms with Gasteiger partial charge in [-0.25, -0.2) is 0 Å². The van der Waals surface area contributed by atoms with Gasteiger partial charge in [0.1, 0.15) is 5.75 Å². The summed E-state index contributed by atoms with van der Waals surface area (Å²) in [6.45, 7) is 4.51. The van der Waals surface area contributed by atoms with Crippen LogP contribution >= 0.6 is 12.2 Å². The fourth-order valence-corrected chi connectivity index (χ4v) is 3.23. The van der Waals surface area contributed by atoms with E-state index in [1.807, 2.05) is 37.3 Å². The molecule has 9 nitrogen and oxygen atoms in total. The predicted octanol–water partition coefficient (Wildman–Crippen LogP) is 2.78. The Labute approximate surface area is 197 Å². The number of amides is 2. The zero-order valence-electron chi connectivity index (χ0n) is 18.6. The molecular weight excluding hydrogens is 440 g/mol. The summed E-state index contributed by atoms with van der Waals surface area (Å²) in [4.78, 5) is 25.6. The van der Waals surface area contributed by atoms with Gasteiger partial charge in [-0.2, -0.15) is 5.10 Å². The second-order valence-corrected chi connectivity index (χ2v) is 7.46. The van der Waals surface area contributed by atoms with Gasteiger partial charge in [0, 0.05) is 18.7 Å². The first-order chi connectivity index (χ1) is 15.9. The van der Waals surface area contributed by atoms with Gasteiger partial charge in [-0.1, -0.05) is 30.3 Å². The number of rotatable bonds is 7. The molecule has 0 aliphatic carbocycles. The van der Waals surface area contributed by atoms with Crippen LogP contribution in [0.4, 0.5) is 5.69 Å². The Kier molecular flexibility index (Phi) is 7.98. The highest BCUT2D eigenvalue weighted by Gasteiger charge is 2.23. The summed E-state index contributed by atoms with van der Waals surface area (Å²) in [6, 6.07) is 16.3. The monoisotopic (exact) mass is 466 g/mol. The third-order valence-corrected chi connectivity index (χ3v) is 5.06. The summed E-state index contributed by atoms with van der Waals surface area (Å²) in [7, 11) is 1.61. The first-order valence-corrected chi connectivity index (χ1v) is 10.7. The van der Waals surface area contributed by atoms with Crippen LogP contribution in [-0.4, -0.2) is 33.8 Å². The lowest BCUT2D eigenvalue weighted by Gasteiger charge is -2.14. The Morgan fingerprint density at radius 3 is 2.36 bits per heavy atom. The fraction of sp³-hybridized carbons (Fsp3) is 0.217. The molecule has 2 aromatic carbocycles.